The monoisotopic (exact) mass is 308 g/mol. The molecule has 122 valence electrons. The lowest BCUT2D eigenvalue weighted by molar-refractivity contribution is -0.228. The van der Waals surface area contributed by atoms with Crippen LogP contribution in [0.3, 0.4) is 0 Å². The van der Waals surface area contributed by atoms with Crippen LogP contribution in [0.5, 0.6) is 0 Å². The average Bonchev–Trinajstić information content (AvgIpc) is 2.39. The Kier molecular flexibility index (Phi) is 5.61. The molecule has 0 radical (unpaired) electrons. The van der Waals surface area contributed by atoms with E-state index in [0.29, 0.717) is 0 Å². The molecule has 1 unspecified atom stereocenters. The van der Waals surface area contributed by atoms with Crippen molar-refractivity contribution in [1.82, 2.24) is 5.32 Å². The molecule has 10 heteroatoms. The Labute approximate surface area is 120 Å². The normalized spacial score (nSPS) is 35.8. The third kappa shape index (κ3) is 3.87. The van der Waals surface area contributed by atoms with Crippen molar-refractivity contribution < 1.29 is 39.9 Å². The van der Waals surface area contributed by atoms with Crippen LogP contribution in [0.2, 0.25) is 0 Å². The van der Waals surface area contributed by atoms with Gasteiger partial charge in [0.1, 0.15) is 18.3 Å². The summed E-state index contributed by atoms with van der Waals surface area (Å²) >= 11 is 0. The lowest BCUT2D eigenvalue weighted by Gasteiger charge is -2.45. The largest absolute Gasteiger partial charge is 0.478 e. The Morgan fingerprint density at radius 3 is 2.48 bits per heavy atom. The summed E-state index contributed by atoms with van der Waals surface area (Å²) in [7, 11) is 0. The van der Waals surface area contributed by atoms with Gasteiger partial charge in [0.05, 0.1) is 18.8 Å². The van der Waals surface area contributed by atoms with Crippen molar-refractivity contribution in [2.75, 3.05) is 6.61 Å². The van der Waals surface area contributed by atoms with Gasteiger partial charge in [-0.1, -0.05) is 0 Å². The number of rotatable bonds is 5. The van der Waals surface area contributed by atoms with Crippen molar-refractivity contribution in [3.8, 4) is 0 Å². The number of nitrogens with two attached hydrogens (primary N) is 1. The Bertz CT molecular complexity index is 406. The summed E-state index contributed by atoms with van der Waals surface area (Å²) in [6.07, 6.45) is -6.88. The van der Waals surface area contributed by atoms with Gasteiger partial charge in [0.15, 0.2) is 0 Å². The highest BCUT2D eigenvalue weighted by Crippen LogP contribution is 2.28. The number of aliphatic hydroxyl groups is 4. The van der Waals surface area contributed by atoms with E-state index >= 15 is 0 Å². The van der Waals surface area contributed by atoms with E-state index in [1.807, 2.05) is 0 Å². The maximum absolute atomic E-state index is 11.1. The molecule has 1 aliphatic heterocycles. The summed E-state index contributed by atoms with van der Waals surface area (Å²) in [5, 5.41) is 49.5. The third-order valence-corrected chi connectivity index (χ3v) is 3.28. The van der Waals surface area contributed by atoms with E-state index in [4.69, 9.17) is 20.7 Å². The van der Waals surface area contributed by atoms with Crippen LogP contribution in [0.25, 0.3) is 0 Å². The molecule has 1 heterocycles. The first-order valence-electron chi connectivity index (χ1n) is 6.24. The number of carboxylic acids is 1. The Hall–Kier alpha value is -1.30. The van der Waals surface area contributed by atoms with E-state index in [1.165, 1.54) is 0 Å². The smallest absolute Gasteiger partial charge is 0.351 e. The van der Waals surface area contributed by atoms with Crippen LogP contribution in [0.4, 0.5) is 0 Å². The Morgan fingerprint density at radius 1 is 1.48 bits per heavy atom. The van der Waals surface area contributed by atoms with Crippen LogP contribution in [0.15, 0.2) is 0 Å². The molecule has 0 aromatic heterocycles. The molecule has 0 saturated carbocycles. The van der Waals surface area contributed by atoms with Gasteiger partial charge in [-0.3, -0.25) is 10.5 Å². The Balaban J connectivity index is 3.07. The van der Waals surface area contributed by atoms with E-state index in [9.17, 15) is 24.9 Å². The van der Waals surface area contributed by atoms with Crippen molar-refractivity contribution in [2.24, 2.45) is 5.73 Å². The van der Waals surface area contributed by atoms with Gasteiger partial charge >= 0.3 is 5.97 Å². The highest BCUT2D eigenvalue weighted by molar-refractivity contribution is 5.77. The second-order valence-electron chi connectivity index (χ2n) is 5.02. The minimum absolute atomic E-state index is 0.522. The standard InChI is InChI=1S/C11H20N2O8/c1-4(15)13-7-5(16)2-11(12,10(19)20)21-9(7)8(18)6(17)3-14/h5-9,14,16-18H,2-3,12H2,1H3,(H,13,15)(H,19,20)/t5-,6+,7+,8+,9+,11?/m0/s1. The molecular weight excluding hydrogens is 288 g/mol. The van der Waals surface area contributed by atoms with E-state index < -0.39 is 61.1 Å². The average molecular weight is 308 g/mol. The fourth-order valence-corrected chi connectivity index (χ4v) is 2.18. The predicted molar refractivity (Wildman–Crippen MR) is 66.8 cm³/mol. The quantitative estimate of drug-likeness (QED) is 0.267. The zero-order chi connectivity index (χ0) is 16.4. The van der Waals surface area contributed by atoms with Crippen molar-refractivity contribution in [3.63, 3.8) is 0 Å². The molecule has 1 rings (SSSR count). The highest BCUT2D eigenvalue weighted by atomic mass is 16.6. The number of carboxylic acid groups (broad SMARTS) is 1. The zero-order valence-electron chi connectivity index (χ0n) is 11.3. The number of ether oxygens (including phenoxy) is 1. The molecule has 1 fully saturated rings. The molecule has 1 aliphatic rings. The number of nitrogens with one attached hydrogen (secondary N) is 1. The molecule has 0 bridgehead atoms. The first kappa shape index (κ1) is 17.8. The summed E-state index contributed by atoms with van der Waals surface area (Å²) in [5.74, 6) is -2.13. The van der Waals surface area contributed by atoms with Gasteiger partial charge in [0.25, 0.3) is 0 Å². The van der Waals surface area contributed by atoms with Crippen molar-refractivity contribution in [2.45, 2.75) is 49.5 Å². The maximum atomic E-state index is 11.1. The second kappa shape index (κ2) is 6.64. The van der Waals surface area contributed by atoms with E-state index in [1.54, 1.807) is 0 Å². The summed E-state index contributed by atoms with van der Waals surface area (Å²) in [6.45, 7) is 0.328. The molecule has 1 saturated heterocycles. The van der Waals surface area contributed by atoms with Crippen molar-refractivity contribution >= 4 is 11.9 Å². The number of hydrogen-bond donors (Lipinski definition) is 7. The molecule has 6 atom stereocenters. The van der Waals surface area contributed by atoms with Crippen molar-refractivity contribution in [1.29, 1.82) is 0 Å². The Morgan fingerprint density at radius 2 is 2.05 bits per heavy atom. The molecule has 0 aliphatic carbocycles. The van der Waals surface area contributed by atoms with Gasteiger partial charge < -0.3 is 35.6 Å². The summed E-state index contributed by atoms with van der Waals surface area (Å²) < 4.78 is 5.09. The summed E-state index contributed by atoms with van der Waals surface area (Å²) in [6, 6.07) is -1.19. The minimum Gasteiger partial charge on any atom is -0.478 e. The fraction of sp³-hybridized carbons (Fsp3) is 0.818. The van der Waals surface area contributed by atoms with Crippen LogP contribution in [-0.4, -0.2) is 80.2 Å². The van der Waals surface area contributed by atoms with Crippen molar-refractivity contribution in [3.05, 3.63) is 0 Å². The first-order chi connectivity index (χ1) is 9.62. The molecule has 0 aromatic carbocycles. The van der Waals surface area contributed by atoms with Gasteiger partial charge in [-0.25, -0.2) is 4.79 Å². The van der Waals surface area contributed by atoms with Gasteiger partial charge in [0, 0.05) is 13.3 Å². The number of carbonyl (C=O) groups is 2. The molecule has 0 spiro atoms. The second-order valence-corrected chi connectivity index (χ2v) is 5.02. The number of aliphatic carboxylic acids is 1. The zero-order valence-corrected chi connectivity index (χ0v) is 11.3. The lowest BCUT2D eigenvalue weighted by atomic mass is 9.88. The van der Waals surface area contributed by atoms with Crippen LogP contribution >= 0.6 is 0 Å². The molecule has 21 heavy (non-hydrogen) atoms. The van der Waals surface area contributed by atoms with E-state index in [-0.39, 0.29) is 0 Å². The first-order valence-corrected chi connectivity index (χ1v) is 6.24. The topological polar surface area (TPSA) is 183 Å². The molecule has 10 nitrogen and oxygen atoms in total. The summed E-state index contributed by atoms with van der Waals surface area (Å²) in [5.41, 5.74) is 3.22. The van der Waals surface area contributed by atoms with Gasteiger partial charge in [-0.05, 0) is 0 Å². The third-order valence-electron chi connectivity index (χ3n) is 3.28. The van der Waals surface area contributed by atoms with Gasteiger partial charge in [-0.2, -0.15) is 0 Å². The summed E-state index contributed by atoms with van der Waals surface area (Å²) in [4.78, 5) is 22.3. The van der Waals surface area contributed by atoms with Crippen LogP contribution in [-0.2, 0) is 14.3 Å². The van der Waals surface area contributed by atoms with Crippen LogP contribution in [0.1, 0.15) is 13.3 Å². The predicted octanol–water partition coefficient (Wildman–Crippen LogP) is -3.91. The number of carbonyl (C=O) groups excluding carboxylic acids is 1. The number of hydrogen-bond acceptors (Lipinski definition) is 8. The SMILES string of the molecule is CC(=O)N[C@H]1[C@H]([C@H](O)[C@H](O)CO)OC(N)(C(=O)O)C[C@@H]1O. The van der Waals surface area contributed by atoms with E-state index in [2.05, 4.69) is 5.32 Å². The lowest BCUT2D eigenvalue weighted by Crippen LogP contribution is -2.69. The van der Waals surface area contributed by atoms with E-state index in [0.717, 1.165) is 6.92 Å². The highest BCUT2D eigenvalue weighted by Gasteiger charge is 2.52. The van der Waals surface area contributed by atoms with Gasteiger partial charge in [-0.15, -0.1) is 0 Å². The molecule has 0 aromatic rings. The number of amides is 1. The number of aliphatic hydroxyl groups excluding tert-OH is 4. The molecule has 1 amide bonds. The molecule has 8 N–H and O–H groups in total. The van der Waals surface area contributed by atoms with Gasteiger partial charge in [0.2, 0.25) is 11.6 Å². The minimum atomic E-state index is -2.28. The van der Waals surface area contributed by atoms with Crippen LogP contribution in [0, 0.1) is 0 Å². The fourth-order valence-electron chi connectivity index (χ4n) is 2.18. The van der Waals surface area contributed by atoms with Crippen LogP contribution < -0.4 is 11.1 Å². The maximum Gasteiger partial charge on any atom is 0.351 e. The molecular formula is C11H20N2O8.